The molecule has 1 atom stereocenters. The molecular formula is C15H21NO3S. The third-order valence-corrected chi connectivity index (χ3v) is 5.59. The van der Waals surface area contributed by atoms with E-state index in [9.17, 15) is 13.2 Å². The number of carbonyl (C=O) groups is 1. The van der Waals surface area contributed by atoms with Crippen molar-refractivity contribution in [3.63, 3.8) is 0 Å². The maximum absolute atomic E-state index is 12.5. The van der Waals surface area contributed by atoms with E-state index in [0.717, 1.165) is 37.5 Å². The van der Waals surface area contributed by atoms with Crippen LogP contribution in [0, 0.1) is 5.92 Å². The zero-order chi connectivity index (χ0) is 14.6. The third-order valence-electron chi connectivity index (χ3n) is 3.71. The van der Waals surface area contributed by atoms with E-state index < -0.39 is 10.0 Å². The molecule has 0 aromatic heterocycles. The van der Waals surface area contributed by atoms with Crippen molar-refractivity contribution in [1.82, 2.24) is 4.31 Å². The Morgan fingerprint density at radius 2 is 2.00 bits per heavy atom. The van der Waals surface area contributed by atoms with Gasteiger partial charge in [-0.3, -0.25) is 0 Å². The largest absolute Gasteiger partial charge is 0.303 e. The Bertz CT molecular complexity index is 551. The molecule has 0 spiro atoms. The summed E-state index contributed by atoms with van der Waals surface area (Å²) in [5, 5.41) is 0. The molecule has 1 heterocycles. The van der Waals surface area contributed by atoms with Crippen LogP contribution in [0.25, 0.3) is 0 Å². The second-order valence-electron chi connectivity index (χ2n) is 5.30. The van der Waals surface area contributed by atoms with E-state index in [2.05, 4.69) is 6.92 Å². The Balaban J connectivity index is 2.18. The molecule has 0 saturated carbocycles. The minimum absolute atomic E-state index is 0.169. The van der Waals surface area contributed by atoms with E-state index in [1.165, 1.54) is 4.31 Å². The molecular weight excluding hydrogens is 274 g/mol. The topological polar surface area (TPSA) is 54.5 Å². The number of sulfonamides is 1. The van der Waals surface area contributed by atoms with Gasteiger partial charge < -0.3 is 4.79 Å². The van der Waals surface area contributed by atoms with Gasteiger partial charge in [-0.2, -0.15) is 4.31 Å². The number of carbonyl (C=O) groups excluding carboxylic acids is 1. The summed E-state index contributed by atoms with van der Waals surface area (Å²) < 4.78 is 26.5. The summed E-state index contributed by atoms with van der Waals surface area (Å²) in [6.45, 7) is 2.91. The predicted molar refractivity (Wildman–Crippen MR) is 78.0 cm³/mol. The Morgan fingerprint density at radius 3 is 2.60 bits per heavy atom. The highest BCUT2D eigenvalue weighted by molar-refractivity contribution is 7.89. The van der Waals surface area contributed by atoms with Gasteiger partial charge in [-0.1, -0.05) is 25.5 Å². The number of hydrogen-bond donors (Lipinski definition) is 0. The Kier molecular flexibility index (Phi) is 4.94. The first-order valence-corrected chi connectivity index (χ1v) is 8.56. The molecule has 0 amide bonds. The number of nitrogens with zero attached hydrogens (tertiary/aromatic N) is 1. The molecule has 20 heavy (non-hydrogen) atoms. The normalized spacial score (nSPS) is 20.8. The van der Waals surface area contributed by atoms with Crippen LogP contribution in [0.4, 0.5) is 0 Å². The number of aryl methyl sites for hydroxylation is 1. The third kappa shape index (κ3) is 3.27. The molecule has 0 radical (unpaired) electrons. The second kappa shape index (κ2) is 6.50. The second-order valence-corrected chi connectivity index (χ2v) is 7.23. The fourth-order valence-corrected chi connectivity index (χ4v) is 4.10. The number of benzene rings is 1. The Labute approximate surface area is 120 Å². The smallest absolute Gasteiger partial charge is 0.243 e. The summed E-state index contributed by atoms with van der Waals surface area (Å²) in [6, 6.07) is 7.09. The Hall–Kier alpha value is -1.20. The molecule has 0 aliphatic carbocycles. The molecule has 1 saturated heterocycles. The van der Waals surface area contributed by atoms with Crippen LogP contribution in [-0.4, -0.2) is 32.1 Å². The highest BCUT2D eigenvalue weighted by atomic mass is 32.2. The van der Waals surface area contributed by atoms with Crippen molar-refractivity contribution >= 4 is 16.3 Å². The molecule has 1 unspecified atom stereocenters. The minimum Gasteiger partial charge on any atom is -0.303 e. The minimum atomic E-state index is -3.46. The van der Waals surface area contributed by atoms with E-state index in [1.807, 2.05) is 12.1 Å². The van der Waals surface area contributed by atoms with Gasteiger partial charge in [-0.15, -0.1) is 0 Å². The lowest BCUT2D eigenvalue weighted by atomic mass is 10.0. The SMILES string of the molecule is CCCc1ccc(S(=O)(=O)N2CCCC(C=O)C2)cc1. The van der Waals surface area contributed by atoms with Crippen LogP contribution in [0.2, 0.25) is 0 Å². The predicted octanol–water partition coefficient (Wildman–Crippen LogP) is 2.24. The van der Waals surface area contributed by atoms with Crippen molar-refractivity contribution in [2.45, 2.75) is 37.5 Å². The van der Waals surface area contributed by atoms with Crippen molar-refractivity contribution < 1.29 is 13.2 Å². The molecule has 2 rings (SSSR count). The molecule has 0 N–H and O–H groups in total. The summed E-state index contributed by atoms with van der Waals surface area (Å²) in [6.07, 6.45) is 4.39. The highest BCUT2D eigenvalue weighted by Crippen LogP contribution is 2.23. The van der Waals surface area contributed by atoms with E-state index in [4.69, 9.17) is 0 Å². The van der Waals surface area contributed by atoms with E-state index in [0.29, 0.717) is 18.0 Å². The number of hydrogen-bond acceptors (Lipinski definition) is 3. The van der Waals surface area contributed by atoms with Gasteiger partial charge in [0.25, 0.3) is 0 Å². The van der Waals surface area contributed by atoms with Crippen LogP contribution in [0.1, 0.15) is 31.7 Å². The summed E-state index contributed by atoms with van der Waals surface area (Å²) in [4.78, 5) is 11.2. The fraction of sp³-hybridized carbons (Fsp3) is 0.533. The van der Waals surface area contributed by atoms with Crippen LogP contribution >= 0.6 is 0 Å². The average molecular weight is 295 g/mol. The molecule has 5 heteroatoms. The quantitative estimate of drug-likeness (QED) is 0.783. The van der Waals surface area contributed by atoms with Crippen molar-refractivity contribution in [3.8, 4) is 0 Å². The molecule has 1 fully saturated rings. The first-order chi connectivity index (χ1) is 9.57. The lowest BCUT2D eigenvalue weighted by Crippen LogP contribution is -2.40. The van der Waals surface area contributed by atoms with Crippen LogP contribution < -0.4 is 0 Å². The van der Waals surface area contributed by atoms with Crippen LogP contribution in [0.5, 0.6) is 0 Å². The van der Waals surface area contributed by atoms with Crippen LogP contribution in [0.3, 0.4) is 0 Å². The van der Waals surface area contributed by atoms with Gasteiger partial charge in [-0.05, 0) is 37.0 Å². The van der Waals surface area contributed by atoms with Gasteiger partial charge in [0, 0.05) is 19.0 Å². The van der Waals surface area contributed by atoms with Crippen molar-refractivity contribution in [1.29, 1.82) is 0 Å². The molecule has 0 bridgehead atoms. The van der Waals surface area contributed by atoms with Crippen molar-refractivity contribution in [2.24, 2.45) is 5.92 Å². The van der Waals surface area contributed by atoms with Gasteiger partial charge in [-0.25, -0.2) is 8.42 Å². The fourth-order valence-electron chi connectivity index (χ4n) is 2.57. The number of aldehydes is 1. The molecule has 1 aliphatic rings. The number of rotatable bonds is 5. The average Bonchev–Trinajstić information content (AvgIpc) is 2.48. The summed E-state index contributed by atoms with van der Waals surface area (Å²) in [7, 11) is -3.46. The zero-order valence-corrected chi connectivity index (χ0v) is 12.6. The zero-order valence-electron chi connectivity index (χ0n) is 11.8. The van der Waals surface area contributed by atoms with Gasteiger partial charge in [0.1, 0.15) is 6.29 Å². The molecule has 1 aromatic carbocycles. The maximum Gasteiger partial charge on any atom is 0.243 e. The number of piperidine rings is 1. The van der Waals surface area contributed by atoms with Gasteiger partial charge >= 0.3 is 0 Å². The maximum atomic E-state index is 12.5. The lowest BCUT2D eigenvalue weighted by Gasteiger charge is -2.29. The summed E-state index contributed by atoms with van der Waals surface area (Å²) in [5.41, 5.74) is 1.15. The van der Waals surface area contributed by atoms with Gasteiger partial charge in [0.15, 0.2) is 0 Å². The van der Waals surface area contributed by atoms with E-state index in [1.54, 1.807) is 12.1 Å². The van der Waals surface area contributed by atoms with E-state index >= 15 is 0 Å². The molecule has 110 valence electrons. The first kappa shape index (κ1) is 15.2. The van der Waals surface area contributed by atoms with E-state index in [-0.39, 0.29) is 5.92 Å². The standard InChI is InChI=1S/C15H21NO3S/c1-2-4-13-6-8-15(9-7-13)20(18,19)16-10-3-5-14(11-16)12-17/h6-9,12,14H,2-5,10-11H2,1H3. The van der Waals surface area contributed by atoms with Gasteiger partial charge in [0.05, 0.1) is 4.90 Å². The summed E-state index contributed by atoms with van der Waals surface area (Å²) >= 11 is 0. The highest BCUT2D eigenvalue weighted by Gasteiger charge is 2.29. The van der Waals surface area contributed by atoms with Gasteiger partial charge in [0.2, 0.25) is 10.0 Å². The molecule has 1 aromatic rings. The van der Waals surface area contributed by atoms with Crippen molar-refractivity contribution in [3.05, 3.63) is 29.8 Å². The van der Waals surface area contributed by atoms with Crippen LogP contribution in [0.15, 0.2) is 29.2 Å². The summed E-state index contributed by atoms with van der Waals surface area (Å²) in [5.74, 6) is -0.169. The lowest BCUT2D eigenvalue weighted by molar-refractivity contribution is -0.112. The molecule has 1 aliphatic heterocycles. The van der Waals surface area contributed by atoms with Crippen LogP contribution in [-0.2, 0) is 21.2 Å². The molecule has 4 nitrogen and oxygen atoms in total. The van der Waals surface area contributed by atoms with Crippen molar-refractivity contribution in [2.75, 3.05) is 13.1 Å². The monoisotopic (exact) mass is 295 g/mol. The Morgan fingerprint density at radius 1 is 1.30 bits per heavy atom. The first-order valence-electron chi connectivity index (χ1n) is 7.12.